The second-order valence-electron chi connectivity index (χ2n) is 11.4. The van der Waals surface area contributed by atoms with E-state index in [9.17, 15) is 14.7 Å². The summed E-state index contributed by atoms with van der Waals surface area (Å²) in [4.78, 5) is 30.1. The number of fused-ring (bicyclic) bond motifs is 1. The Hall–Kier alpha value is -4.71. The largest absolute Gasteiger partial charge is 0.391 e. The lowest BCUT2D eigenvalue weighted by atomic mass is 9.86. The number of carbonyl (C=O) groups excluding carboxylic acids is 1. The fourth-order valence-corrected chi connectivity index (χ4v) is 4.69. The SMILES string of the molecule is CC(C)Cn1cc(-c2nn(-c3ccnc(-n4ncc5cc(C(C)(C)C)cc(F)c5c4=O)c3CO)cc2C(N)=O)cn1. The molecule has 0 saturated carbocycles. The molecule has 0 saturated heterocycles. The number of nitrogens with zero attached hydrogens (tertiary/aromatic N) is 7. The minimum absolute atomic E-state index is 0.00127. The van der Waals surface area contributed by atoms with Gasteiger partial charge in [-0.05, 0) is 35.1 Å². The van der Waals surface area contributed by atoms with Gasteiger partial charge in [-0.3, -0.25) is 14.3 Å². The fourth-order valence-electron chi connectivity index (χ4n) is 4.69. The second-order valence-corrected chi connectivity index (χ2v) is 11.4. The van der Waals surface area contributed by atoms with E-state index in [-0.39, 0.29) is 27.7 Å². The summed E-state index contributed by atoms with van der Waals surface area (Å²) in [5.74, 6) is -1.01. The van der Waals surface area contributed by atoms with Crippen molar-refractivity contribution in [2.75, 3.05) is 0 Å². The first-order valence-electron chi connectivity index (χ1n) is 13.1. The van der Waals surface area contributed by atoms with Crippen LogP contribution in [-0.4, -0.2) is 45.3 Å². The van der Waals surface area contributed by atoms with Crippen molar-refractivity contribution < 1.29 is 14.3 Å². The Bertz CT molecular complexity index is 1850. The van der Waals surface area contributed by atoms with Crippen LogP contribution in [0.2, 0.25) is 0 Å². The van der Waals surface area contributed by atoms with Gasteiger partial charge < -0.3 is 10.8 Å². The smallest absolute Gasteiger partial charge is 0.283 e. The number of hydrogen-bond acceptors (Lipinski definition) is 7. The van der Waals surface area contributed by atoms with Crippen LogP contribution in [0.25, 0.3) is 33.5 Å². The minimum atomic E-state index is -0.726. The zero-order valence-electron chi connectivity index (χ0n) is 23.5. The van der Waals surface area contributed by atoms with Crippen molar-refractivity contribution in [1.82, 2.24) is 34.3 Å². The Morgan fingerprint density at radius 1 is 1.15 bits per heavy atom. The van der Waals surface area contributed by atoms with Crippen LogP contribution in [0.1, 0.15) is 56.1 Å². The summed E-state index contributed by atoms with van der Waals surface area (Å²) >= 11 is 0. The number of primary amides is 1. The molecule has 11 nitrogen and oxygen atoms in total. The first-order valence-corrected chi connectivity index (χ1v) is 13.1. The van der Waals surface area contributed by atoms with E-state index in [2.05, 4.69) is 34.1 Å². The number of halogens is 1. The number of benzene rings is 1. The van der Waals surface area contributed by atoms with Gasteiger partial charge in [-0.15, -0.1) is 0 Å². The molecule has 0 bridgehead atoms. The van der Waals surface area contributed by atoms with Crippen LogP contribution in [0.4, 0.5) is 4.39 Å². The lowest BCUT2D eigenvalue weighted by Gasteiger charge is -2.20. The third kappa shape index (κ3) is 5.13. The maximum Gasteiger partial charge on any atom is 0.283 e. The molecular weight excluding hydrogens is 527 g/mol. The average molecular weight is 559 g/mol. The van der Waals surface area contributed by atoms with E-state index in [1.165, 1.54) is 29.3 Å². The van der Waals surface area contributed by atoms with Gasteiger partial charge in [0.05, 0.1) is 35.6 Å². The molecular formula is C29H31FN8O3. The van der Waals surface area contributed by atoms with Gasteiger partial charge in [-0.25, -0.2) is 14.1 Å². The molecule has 212 valence electrons. The molecule has 5 aromatic rings. The van der Waals surface area contributed by atoms with Crippen LogP contribution in [-0.2, 0) is 18.6 Å². The van der Waals surface area contributed by atoms with Gasteiger partial charge in [0.15, 0.2) is 5.82 Å². The van der Waals surface area contributed by atoms with Gasteiger partial charge in [0.2, 0.25) is 0 Å². The highest BCUT2D eigenvalue weighted by Crippen LogP contribution is 2.28. The minimum Gasteiger partial charge on any atom is -0.391 e. The van der Waals surface area contributed by atoms with Crippen LogP contribution in [0.5, 0.6) is 0 Å². The molecule has 12 heteroatoms. The van der Waals surface area contributed by atoms with E-state index in [1.807, 2.05) is 20.8 Å². The number of pyridine rings is 1. The Morgan fingerprint density at radius 3 is 2.56 bits per heavy atom. The van der Waals surface area contributed by atoms with Crippen LogP contribution >= 0.6 is 0 Å². The number of aliphatic hydroxyl groups is 1. The summed E-state index contributed by atoms with van der Waals surface area (Å²) in [6, 6.07) is 4.67. The molecule has 4 aromatic heterocycles. The molecule has 0 fully saturated rings. The Labute approximate surface area is 235 Å². The van der Waals surface area contributed by atoms with Crippen LogP contribution < -0.4 is 11.3 Å². The topological polar surface area (TPSA) is 147 Å². The predicted octanol–water partition coefficient (Wildman–Crippen LogP) is 3.51. The molecule has 0 unspecified atom stereocenters. The molecule has 4 heterocycles. The molecule has 0 aliphatic heterocycles. The van der Waals surface area contributed by atoms with Gasteiger partial charge in [0, 0.05) is 41.6 Å². The van der Waals surface area contributed by atoms with Crippen molar-refractivity contribution in [3.63, 3.8) is 0 Å². The molecule has 0 atom stereocenters. The molecule has 5 rings (SSSR count). The van der Waals surface area contributed by atoms with Gasteiger partial charge in [0.25, 0.3) is 11.5 Å². The van der Waals surface area contributed by atoms with E-state index < -0.39 is 23.9 Å². The van der Waals surface area contributed by atoms with Crippen molar-refractivity contribution >= 4 is 16.7 Å². The summed E-state index contributed by atoms with van der Waals surface area (Å²) in [5.41, 5.74) is 6.92. The summed E-state index contributed by atoms with van der Waals surface area (Å²) in [7, 11) is 0. The molecule has 0 aliphatic carbocycles. The van der Waals surface area contributed by atoms with Gasteiger partial charge in [-0.1, -0.05) is 34.6 Å². The Morgan fingerprint density at radius 2 is 1.90 bits per heavy atom. The zero-order valence-corrected chi connectivity index (χ0v) is 23.5. The van der Waals surface area contributed by atoms with Gasteiger partial charge in [0.1, 0.15) is 11.5 Å². The maximum atomic E-state index is 15.2. The lowest BCUT2D eigenvalue weighted by Crippen LogP contribution is -2.25. The number of aromatic nitrogens is 7. The summed E-state index contributed by atoms with van der Waals surface area (Å²) in [6.45, 7) is 10.1. The highest BCUT2D eigenvalue weighted by Gasteiger charge is 2.23. The third-order valence-corrected chi connectivity index (χ3v) is 6.76. The third-order valence-electron chi connectivity index (χ3n) is 6.76. The first kappa shape index (κ1) is 27.8. The van der Waals surface area contributed by atoms with Crippen LogP contribution in [0, 0.1) is 11.7 Å². The molecule has 0 spiro atoms. The summed E-state index contributed by atoms with van der Waals surface area (Å²) in [6.07, 6.45) is 7.64. The normalized spacial score (nSPS) is 12.0. The van der Waals surface area contributed by atoms with Crippen molar-refractivity contribution in [3.05, 3.63) is 82.0 Å². The average Bonchev–Trinajstić information content (AvgIpc) is 3.54. The first-order chi connectivity index (χ1) is 19.4. The molecule has 3 N–H and O–H groups in total. The number of carbonyl (C=O) groups is 1. The number of hydrogen-bond donors (Lipinski definition) is 2. The van der Waals surface area contributed by atoms with Crippen LogP contribution in [0.3, 0.4) is 0 Å². The van der Waals surface area contributed by atoms with Crippen LogP contribution in [0.15, 0.2) is 54.0 Å². The fraction of sp³-hybridized carbons (Fsp3) is 0.310. The highest BCUT2D eigenvalue weighted by molar-refractivity contribution is 5.98. The van der Waals surface area contributed by atoms with Crippen molar-refractivity contribution in [1.29, 1.82) is 0 Å². The molecule has 41 heavy (non-hydrogen) atoms. The number of amides is 1. The molecule has 1 amide bonds. The second kappa shape index (κ2) is 10.4. The van der Waals surface area contributed by atoms with Gasteiger partial charge >= 0.3 is 0 Å². The maximum absolute atomic E-state index is 15.2. The summed E-state index contributed by atoms with van der Waals surface area (Å²) < 4.78 is 19.3. The molecule has 0 radical (unpaired) electrons. The molecule has 0 aliphatic rings. The van der Waals surface area contributed by atoms with Crippen molar-refractivity contribution in [2.45, 2.75) is 53.2 Å². The van der Waals surface area contributed by atoms with E-state index >= 15 is 4.39 Å². The Balaban J connectivity index is 1.65. The van der Waals surface area contributed by atoms with Gasteiger partial charge in [-0.2, -0.15) is 20.0 Å². The monoisotopic (exact) mass is 558 g/mol. The summed E-state index contributed by atoms with van der Waals surface area (Å²) in [5, 5.41) is 23.8. The quantitative estimate of drug-likeness (QED) is 0.311. The van der Waals surface area contributed by atoms with E-state index in [1.54, 1.807) is 29.2 Å². The standard InChI is InChI=1S/C29H31FN8O3/c1-16(2)12-36-13-18(11-33-36)25-20(26(31)40)14-37(35-25)23-6-7-32-27(21(23)15-39)38-28(41)24-17(10-34-38)8-19(9-22(24)30)29(3,4)5/h6-11,13-14,16,39H,12,15H2,1-5H3,(H2,31,40). The van der Waals surface area contributed by atoms with E-state index in [0.29, 0.717) is 34.8 Å². The van der Waals surface area contributed by atoms with E-state index in [0.717, 1.165) is 10.2 Å². The Kier molecular flexibility index (Phi) is 7.03. The van der Waals surface area contributed by atoms with Crippen molar-refractivity contribution in [2.24, 2.45) is 11.7 Å². The van der Waals surface area contributed by atoms with Crippen molar-refractivity contribution in [3.8, 4) is 22.8 Å². The lowest BCUT2D eigenvalue weighted by molar-refractivity contribution is 0.100. The molecule has 1 aromatic carbocycles. The number of rotatable bonds is 7. The van der Waals surface area contributed by atoms with E-state index in [4.69, 9.17) is 5.73 Å². The predicted molar refractivity (Wildman–Crippen MR) is 151 cm³/mol. The number of aliphatic hydroxyl groups excluding tert-OH is 1. The number of nitrogens with two attached hydrogens (primary N) is 1. The highest BCUT2D eigenvalue weighted by atomic mass is 19.1. The zero-order chi connectivity index (χ0) is 29.6.